The zero-order chi connectivity index (χ0) is 12.7. The first-order valence-electron chi connectivity index (χ1n) is 5.96. The predicted molar refractivity (Wildman–Crippen MR) is 70.7 cm³/mol. The minimum absolute atomic E-state index is 0.0969. The Bertz CT molecular complexity index is 340. The van der Waals surface area contributed by atoms with E-state index in [0.717, 1.165) is 19.6 Å². The summed E-state index contributed by atoms with van der Waals surface area (Å²) in [7, 11) is 0. The summed E-state index contributed by atoms with van der Waals surface area (Å²) < 4.78 is 5.66. The average Bonchev–Trinajstić information content (AvgIpc) is 2.35. The van der Waals surface area contributed by atoms with Gasteiger partial charge in [-0.2, -0.15) is 0 Å². The number of halogens is 1. The Morgan fingerprint density at radius 2 is 2.00 bits per heavy atom. The minimum Gasteiger partial charge on any atom is -0.492 e. The normalized spacial score (nSPS) is 10.9. The van der Waals surface area contributed by atoms with Gasteiger partial charge in [-0.15, -0.1) is 0 Å². The molecule has 0 unspecified atom stereocenters. The van der Waals surface area contributed by atoms with Crippen molar-refractivity contribution in [1.82, 2.24) is 4.90 Å². The van der Waals surface area contributed by atoms with Crippen molar-refractivity contribution >= 4 is 11.6 Å². The minimum atomic E-state index is -0.0969. The van der Waals surface area contributed by atoms with Crippen LogP contribution in [0, 0.1) is 0 Å². The predicted octanol–water partition coefficient (Wildman–Crippen LogP) is 2.55. The van der Waals surface area contributed by atoms with Crippen LogP contribution in [0.2, 0.25) is 5.02 Å². The van der Waals surface area contributed by atoms with Crippen LogP contribution in [0.25, 0.3) is 0 Å². The molecule has 0 radical (unpaired) electrons. The van der Waals surface area contributed by atoms with Crippen LogP contribution >= 0.6 is 11.6 Å². The third-order valence-electron chi connectivity index (χ3n) is 2.79. The molecule has 0 aliphatic carbocycles. The summed E-state index contributed by atoms with van der Waals surface area (Å²) in [5.74, 6) is 0.673. The molecule has 1 N–H and O–H groups in total. The van der Waals surface area contributed by atoms with Gasteiger partial charge in [0.25, 0.3) is 0 Å². The van der Waals surface area contributed by atoms with Gasteiger partial charge in [0, 0.05) is 17.1 Å². The maximum atomic E-state index is 9.23. The van der Waals surface area contributed by atoms with Gasteiger partial charge in [0.15, 0.2) is 0 Å². The largest absolute Gasteiger partial charge is 0.492 e. The van der Waals surface area contributed by atoms with E-state index in [-0.39, 0.29) is 6.61 Å². The van der Waals surface area contributed by atoms with E-state index in [1.54, 1.807) is 6.07 Å². The monoisotopic (exact) mass is 257 g/mol. The third-order valence-corrected chi connectivity index (χ3v) is 3.15. The van der Waals surface area contributed by atoms with Crippen molar-refractivity contribution in [2.45, 2.75) is 20.5 Å². The lowest BCUT2D eigenvalue weighted by molar-refractivity contribution is 0.215. The molecule has 3 nitrogen and oxygen atoms in total. The van der Waals surface area contributed by atoms with Crippen LogP contribution in [0.4, 0.5) is 0 Å². The van der Waals surface area contributed by atoms with Crippen molar-refractivity contribution in [3.05, 3.63) is 28.8 Å². The first kappa shape index (κ1) is 14.3. The van der Waals surface area contributed by atoms with Crippen molar-refractivity contribution in [2.24, 2.45) is 0 Å². The SMILES string of the molecule is CCN(CC)CCOc1cccc(Cl)c1CO. The molecular weight excluding hydrogens is 238 g/mol. The molecule has 96 valence electrons. The molecule has 0 saturated carbocycles. The maximum absolute atomic E-state index is 9.23. The lowest BCUT2D eigenvalue weighted by atomic mass is 10.2. The molecule has 0 saturated heterocycles. The van der Waals surface area contributed by atoms with E-state index in [1.165, 1.54) is 0 Å². The summed E-state index contributed by atoms with van der Waals surface area (Å²) in [6.45, 7) is 7.67. The second-order valence-corrected chi connectivity index (χ2v) is 4.16. The number of hydrogen-bond donors (Lipinski definition) is 1. The van der Waals surface area contributed by atoms with Crippen LogP contribution in [0.1, 0.15) is 19.4 Å². The molecule has 17 heavy (non-hydrogen) atoms. The van der Waals surface area contributed by atoms with E-state index in [9.17, 15) is 5.11 Å². The van der Waals surface area contributed by atoms with Crippen LogP contribution in [-0.2, 0) is 6.61 Å². The van der Waals surface area contributed by atoms with Gasteiger partial charge < -0.3 is 14.7 Å². The van der Waals surface area contributed by atoms with Gasteiger partial charge >= 0.3 is 0 Å². The molecule has 0 heterocycles. The Labute approximate surface area is 108 Å². The quantitative estimate of drug-likeness (QED) is 0.815. The topological polar surface area (TPSA) is 32.7 Å². The van der Waals surface area contributed by atoms with E-state index >= 15 is 0 Å². The summed E-state index contributed by atoms with van der Waals surface area (Å²) in [5, 5.41) is 9.77. The zero-order valence-electron chi connectivity index (χ0n) is 10.4. The molecule has 0 bridgehead atoms. The van der Waals surface area contributed by atoms with Crippen LogP contribution in [0.3, 0.4) is 0 Å². The van der Waals surface area contributed by atoms with Crippen molar-refractivity contribution in [2.75, 3.05) is 26.2 Å². The summed E-state index contributed by atoms with van der Waals surface area (Å²) >= 11 is 5.98. The molecule has 1 aromatic rings. The van der Waals surface area contributed by atoms with E-state index < -0.39 is 0 Å². The first-order chi connectivity index (χ1) is 8.22. The Kier molecular flexibility index (Phi) is 6.34. The van der Waals surface area contributed by atoms with E-state index in [4.69, 9.17) is 16.3 Å². The molecule has 0 fully saturated rings. The fraction of sp³-hybridized carbons (Fsp3) is 0.538. The highest BCUT2D eigenvalue weighted by Crippen LogP contribution is 2.26. The van der Waals surface area contributed by atoms with Gasteiger partial charge in [-0.25, -0.2) is 0 Å². The van der Waals surface area contributed by atoms with Crippen LogP contribution in [0.15, 0.2) is 18.2 Å². The molecule has 1 rings (SSSR count). The number of aliphatic hydroxyl groups excluding tert-OH is 1. The summed E-state index contributed by atoms with van der Waals surface area (Å²) in [4.78, 5) is 2.28. The van der Waals surface area contributed by atoms with Gasteiger partial charge in [0.1, 0.15) is 12.4 Å². The van der Waals surface area contributed by atoms with E-state index in [0.29, 0.717) is 22.9 Å². The zero-order valence-corrected chi connectivity index (χ0v) is 11.2. The highest BCUT2D eigenvalue weighted by molar-refractivity contribution is 6.31. The Hall–Kier alpha value is -0.770. The number of aliphatic hydroxyl groups is 1. The number of rotatable bonds is 7. The van der Waals surface area contributed by atoms with Crippen molar-refractivity contribution in [3.63, 3.8) is 0 Å². The van der Waals surface area contributed by atoms with Gasteiger partial charge in [-0.1, -0.05) is 31.5 Å². The highest BCUT2D eigenvalue weighted by Gasteiger charge is 2.07. The molecule has 0 spiro atoms. The van der Waals surface area contributed by atoms with Crippen LogP contribution < -0.4 is 4.74 Å². The number of likely N-dealkylation sites (N-methyl/N-ethyl adjacent to an activating group) is 1. The van der Waals surface area contributed by atoms with Crippen molar-refractivity contribution in [1.29, 1.82) is 0 Å². The smallest absolute Gasteiger partial charge is 0.126 e. The third kappa shape index (κ3) is 4.19. The number of benzene rings is 1. The lowest BCUT2D eigenvalue weighted by Crippen LogP contribution is -2.28. The number of hydrogen-bond acceptors (Lipinski definition) is 3. The van der Waals surface area contributed by atoms with Gasteiger partial charge in [-0.05, 0) is 25.2 Å². The Morgan fingerprint density at radius 3 is 2.59 bits per heavy atom. The molecule has 0 amide bonds. The standard InChI is InChI=1S/C13H20ClNO2/c1-3-15(4-2)8-9-17-13-7-5-6-12(14)11(13)10-16/h5-7,16H,3-4,8-10H2,1-2H3. The van der Waals surface area contributed by atoms with Gasteiger partial charge in [0.05, 0.1) is 6.61 Å². The van der Waals surface area contributed by atoms with Crippen LogP contribution in [-0.4, -0.2) is 36.2 Å². The number of nitrogens with zero attached hydrogens (tertiary/aromatic N) is 1. The summed E-state index contributed by atoms with van der Waals surface area (Å²) in [6, 6.07) is 5.41. The molecule has 1 aromatic carbocycles. The Balaban J connectivity index is 2.54. The first-order valence-corrected chi connectivity index (χ1v) is 6.34. The summed E-state index contributed by atoms with van der Waals surface area (Å²) in [5.41, 5.74) is 0.661. The average molecular weight is 258 g/mol. The molecule has 0 aromatic heterocycles. The molecule has 0 atom stereocenters. The molecule has 4 heteroatoms. The van der Waals surface area contributed by atoms with Gasteiger partial charge in [0.2, 0.25) is 0 Å². The highest BCUT2D eigenvalue weighted by atomic mass is 35.5. The molecule has 0 aliphatic heterocycles. The summed E-state index contributed by atoms with van der Waals surface area (Å²) in [6.07, 6.45) is 0. The lowest BCUT2D eigenvalue weighted by Gasteiger charge is -2.18. The second kappa shape index (κ2) is 7.54. The number of ether oxygens (including phenoxy) is 1. The maximum Gasteiger partial charge on any atom is 0.126 e. The fourth-order valence-corrected chi connectivity index (χ4v) is 1.88. The molecule has 0 aliphatic rings. The second-order valence-electron chi connectivity index (χ2n) is 3.75. The van der Waals surface area contributed by atoms with E-state index in [2.05, 4.69) is 18.7 Å². The van der Waals surface area contributed by atoms with E-state index in [1.807, 2.05) is 12.1 Å². The van der Waals surface area contributed by atoms with Crippen molar-refractivity contribution < 1.29 is 9.84 Å². The molecular formula is C13H20ClNO2. The van der Waals surface area contributed by atoms with Crippen molar-refractivity contribution in [3.8, 4) is 5.75 Å². The fourth-order valence-electron chi connectivity index (χ4n) is 1.65. The van der Waals surface area contributed by atoms with Crippen LogP contribution in [0.5, 0.6) is 5.75 Å². The Morgan fingerprint density at radius 1 is 1.29 bits per heavy atom. The van der Waals surface area contributed by atoms with Gasteiger partial charge in [-0.3, -0.25) is 0 Å².